The average molecular weight is 335 g/mol. The maximum Gasteiger partial charge on any atom is 0.259 e. The normalized spacial score (nSPS) is 11.8. The summed E-state index contributed by atoms with van der Waals surface area (Å²) >= 11 is 0. The summed E-state index contributed by atoms with van der Waals surface area (Å²) in [6.07, 6.45) is 2.23. The van der Waals surface area contributed by atoms with Gasteiger partial charge in [0.15, 0.2) is 0 Å². The molecule has 0 atom stereocenters. The van der Waals surface area contributed by atoms with Crippen molar-refractivity contribution >= 4 is 27.9 Å². The lowest BCUT2D eigenvalue weighted by Crippen LogP contribution is -2.24. The van der Waals surface area contributed by atoms with E-state index in [0.29, 0.717) is 5.57 Å². The molecular formula is C21H25N3O. The Morgan fingerprint density at radius 3 is 2.24 bits per heavy atom. The number of nitriles is 1. The van der Waals surface area contributed by atoms with Crippen LogP contribution in [0.5, 0.6) is 0 Å². The zero-order valence-corrected chi connectivity index (χ0v) is 15.2. The Hall–Kier alpha value is -2.80. The van der Waals surface area contributed by atoms with Crippen molar-refractivity contribution in [2.45, 2.75) is 33.6 Å². The van der Waals surface area contributed by atoms with Gasteiger partial charge in [-0.3, -0.25) is 4.79 Å². The fraction of sp³-hybridized carbons (Fsp3) is 0.333. The second-order valence-corrected chi connectivity index (χ2v) is 6.21. The maximum atomic E-state index is 11.4. The lowest BCUT2D eigenvalue weighted by atomic mass is 9.98. The van der Waals surface area contributed by atoms with Crippen LogP contribution in [-0.4, -0.2) is 19.0 Å². The molecule has 0 spiro atoms. The molecule has 0 unspecified atom stereocenters. The molecule has 4 nitrogen and oxygen atoms in total. The number of hydrogen-bond acceptors (Lipinski definition) is 3. The molecule has 2 aromatic carbocycles. The number of hydrogen-bond donors (Lipinski definition) is 1. The molecule has 0 saturated carbocycles. The Balaban J connectivity index is 2.45. The Morgan fingerprint density at radius 2 is 1.68 bits per heavy atom. The van der Waals surface area contributed by atoms with Crippen molar-refractivity contribution in [1.82, 2.24) is 0 Å². The smallest absolute Gasteiger partial charge is 0.259 e. The van der Waals surface area contributed by atoms with Crippen molar-refractivity contribution in [3.63, 3.8) is 0 Å². The molecule has 2 rings (SSSR count). The zero-order chi connectivity index (χ0) is 18.4. The van der Waals surface area contributed by atoms with Crippen LogP contribution in [0, 0.1) is 11.3 Å². The van der Waals surface area contributed by atoms with E-state index in [0.717, 1.165) is 42.3 Å². The summed E-state index contributed by atoms with van der Waals surface area (Å²) in [5.74, 6) is -0.690. The third-order valence-corrected chi connectivity index (χ3v) is 4.34. The second-order valence-electron chi connectivity index (χ2n) is 6.21. The van der Waals surface area contributed by atoms with Crippen molar-refractivity contribution < 1.29 is 4.79 Å². The number of carbonyl (C=O) groups is 1. The van der Waals surface area contributed by atoms with Crippen LogP contribution < -0.4 is 10.6 Å². The van der Waals surface area contributed by atoms with Crippen molar-refractivity contribution in [3.8, 4) is 6.07 Å². The van der Waals surface area contributed by atoms with Crippen LogP contribution in [-0.2, 0) is 4.79 Å². The SMILES string of the molecule is CCCN(CCC)c1ccc2cc(/C(C)=C(\C#N)C(N)=O)ccc2c1. The third-order valence-electron chi connectivity index (χ3n) is 4.34. The minimum absolute atomic E-state index is 0.00744. The molecule has 0 aromatic heterocycles. The van der Waals surface area contributed by atoms with Gasteiger partial charge in [-0.1, -0.05) is 32.0 Å². The van der Waals surface area contributed by atoms with Gasteiger partial charge in [0, 0.05) is 18.8 Å². The van der Waals surface area contributed by atoms with Gasteiger partial charge < -0.3 is 10.6 Å². The standard InChI is InChI=1S/C21H25N3O/c1-4-10-24(11-5-2)19-9-8-17-12-16(6-7-18(17)13-19)15(3)20(14-22)21(23)25/h6-9,12-13H,4-5,10-11H2,1-3H3,(H2,23,25)/b20-15+. The molecule has 0 aliphatic carbocycles. The van der Waals surface area contributed by atoms with E-state index in [1.54, 1.807) is 6.92 Å². The number of amides is 1. The number of carbonyl (C=O) groups excluding carboxylic acids is 1. The first-order valence-electron chi connectivity index (χ1n) is 8.71. The van der Waals surface area contributed by atoms with E-state index in [9.17, 15) is 4.79 Å². The summed E-state index contributed by atoms with van der Waals surface area (Å²) in [4.78, 5) is 13.8. The topological polar surface area (TPSA) is 70.1 Å². The molecular weight excluding hydrogens is 310 g/mol. The highest BCUT2D eigenvalue weighted by molar-refractivity contribution is 6.04. The number of benzene rings is 2. The lowest BCUT2D eigenvalue weighted by molar-refractivity contribution is -0.114. The summed E-state index contributed by atoms with van der Waals surface area (Å²) < 4.78 is 0. The van der Waals surface area contributed by atoms with Gasteiger partial charge in [0.1, 0.15) is 11.6 Å². The molecule has 0 radical (unpaired) electrons. The van der Waals surface area contributed by atoms with Gasteiger partial charge in [-0.05, 0) is 59.9 Å². The van der Waals surface area contributed by atoms with E-state index >= 15 is 0 Å². The van der Waals surface area contributed by atoms with Gasteiger partial charge in [0.05, 0.1) is 0 Å². The van der Waals surface area contributed by atoms with Crippen LogP contribution in [0.2, 0.25) is 0 Å². The molecule has 2 N–H and O–H groups in total. The summed E-state index contributed by atoms with van der Waals surface area (Å²) in [6, 6.07) is 14.3. The number of allylic oxidation sites excluding steroid dienone is 1. The minimum Gasteiger partial charge on any atom is -0.372 e. The molecule has 1 amide bonds. The summed E-state index contributed by atoms with van der Waals surface area (Å²) in [6.45, 7) is 8.23. The Kier molecular flexibility index (Phi) is 6.19. The summed E-state index contributed by atoms with van der Waals surface area (Å²) in [7, 11) is 0. The predicted octanol–water partition coefficient (Wildman–Crippen LogP) is 4.25. The van der Waals surface area contributed by atoms with Gasteiger partial charge in [-0.2, -0.15) is 5.26 Å². The van der Waals surface area contributed by atoms with E-state index in [1.165, 1.54) is 5.69 Å². The quantitative estimate of drug-likeness (QED) is 0.607. The first-order valence-corrected chi connectivity index (χ1v) is 8.71. The van der Waals surface area contributed by atoms with Gasteiger partial charge in [-0.15, -0.1) is 0 Å². The molecule has 0 fully saturated rings. The largest absolute Gasteiger partial charge is 0.372 e. The fourth-order valence-electron chi connectivity index (χ4n) is 3.04. The molecule has 2 aromatic rings. The Morgan fingerprint density at radius 1 is 1.08 bits per heavy atom. The molecule has 4 heteroatoms. The maximum absolute atomic E-state index is 11.4. The number of nitrogens with zero attached hydrogens (tertiary/aromatic N) is 2. The summed E-state index contributed by atoms with van der Waals surface area (Å²) in [5, 5.41) is 11.3. The Labute approximate surface area is 149 Å². The van der Waals surface area contributed by atoms with E-state index < -0.39 is 5.91 Å². The molecule has 25 heavy (non-hydrogen) atoms. The van der Waals surface area contributed by atoms with Crippen LogP contribution in [0.3, 0.4) is 0 Å². The molecule has 0 bridgehead atoms. The van der Waals surface area contributed by atoms with Crippen molar-refractivity contribution in [2.24, 2.45) is 5.73 Å². The van der Waals surface area contributed by atoms with E-state index in [-0.39, 0.29) is 5.57 Å². The van der Waals surface area contributed by atoms with Crippen LogP contribution in [0.15, 0.2) is 42.0 Å². The van der Waals surface area contributed by atoms with Gasteiger partial charge in [0.2, 0.25) is 0 Å². The van der Waals surface area contributed by atoms with Crippen LogP contribution in [0.1, 0.15) is 39.2 Å². The second kappa shape index (κ2) is 8.34. The number of rotatable bonds is 7. The fourth-order valence-corrected chi connectivity index (χ4v) is 3.04. The van der Waals surface area contributed by atoms with Gasteiger partial charge in [-0.25, -0.2) is 0 Å². The number of fused-ring (bicyclic) bond motifs is 1. The van der Waals surface area contributed by atoms with Crippen LogP contribution in [0.25, 0.3) is 16.3 Å². The zero-order valence-electron chi connectivity index (χ0n) is 15.2. The summed E-state index contributed by atoms with van der Waals surface area (Å²) in [5.41, 5.74) is 7.97. The molecule has 0 saturated heterocycles. The first-order chi connectivity index (χ1) is 12.0. The van der Waals surface area contributed by atoms with Gasteiger partial charge in [0.25, 0.3) is 5.91 Å². The highest BCUT2D eigenvalue weighted by atomic mass is 16.1. The highest BCUT2D eigenvalue weighted by Gasteiger charge is 2.11. The molecule has 130 valence electrons. The third kappa shape index (κ3) is 4.19. The van der Waals surface area contributed by atoms with Gasteiger partial charge >= 0.3 is 0 Å². The Bertz CT molecular complexity index is 840. The molecule has 0 heterocycles. The van der Waals surface area contributed by atoms with Crippen LogP contribution >= 0.6 is 0 Å². The molecule has 0 aliphatic rings. The van der Waals surface area contributed by atoms with E-state index in [4.69, 9.17) is 11.0 Å². The van der Waals surface area contributed by atoms with E-state index in [1.807, 2.05) is 24.3 Å². The minimum atomic E-state index is -0.690. The number of primary amides is 1. The average Bonchev–Trinajstić information content (AvgIpc) is 2.60. The highest BCUT2D eigenvalue weighted by Crippen LogP contribution is 2.27. The molecule has 0 aliphatic heterocycles. The predicted molar refractivity (Wildman–Crippen MR) is 104 cm³/mol. The van der Waals surface area contributed by atoms with Crippen molar-refractivity contribution in [3.05, 3.63) is 47.5 Å². The lowest BCUT2D eigenvalue weighted by Gasteiger charge is -2.24. The van der Waals surface area contributed by atoms with Crippen molar-refractivity contribution in [2.75, 3.05) is 18.0 Å². The number of nitrogens with two attached hydrogens (primary N) is 1. The van der Waals surface area contributed by atoms with E-state index in [2.05, 4.69) is 36.9 Å². The monoisotopic (exact) mass is 335 g/mol. The van der Waals surface area contributed by atoms with Crippen LogP contribution in [0.4, 0.5) is 5.69 Å². The number of anilines is 1. The first kappa shape index (κ1) is 18.5. The van der Waals surface area contributed by atoms with Crippen molar-refractivity contribution in [1.29, 1.82) is 5.26 Å².